The van der Waals surface area contributed by atoms with Gasteiger partial charge in [-0.2, -0.15) is 0 Å². The monoisotopic (exact) mass is 388 g/mol. The third-order valence-electron chi connectivity index (χ3n) is 4.47. The summed E-state index contributed by atoms with van der Waals surface area (Å²) in [4.78, 5) is 26.9. The van der Waals surface area contributed by atoms with Crippen molar-refractivity contribution < 1.29 is 19.2 Å². The molecule has 0 aliphatic carbocycles. The Kier molecular flexibility index (Phi) is 8.05. The zero-order valence-electron chi connectivity index (χ0n) is 15.8. The number of aliphatic carboxylic acids is 1. The number of carboxylic acids is 1. The summed E-state index contributed by atoms with van der Waals surface area (Å²) in [7, 11) is 1.83. The lowest BCUT2D eigenvalue weighted by Crippen LogP contribution is -2.46. The molecule has 0 aromatic carbocycles. The molecule has 1 fully saturated rings. The summed E-state index contributed by atoms with van der Waals surface area (Å²) in [6, 6.07) is 2.00. The first-order valence-electron chi connectivity index (χ1n) is 8.56. The molecule has 9 heteroatoms. The van der Waals surface area contributed by atoms with Gasteiger partial charge < -0.3 is 9.63 Å². The van der Waals surface area contributed by atoms with Gasteiger partial charge in [0.1, 0.15) is 0 Å². The summed E-state index contributed by atoms with van der Waals surface area (Å²) in [5.41, 5.74) is 0.668. The minimum atomic E-state index is -0.814. The van der Waals surface area contributed by atoms with Crippen molar-refractivity contribution in [1.82, 2.24) is 15.0 Å². The highest BCUT2D eigenvalue weighted by Gasteiger charge is 2.25. The maximum atomic E-state index is 12.2. The lowest BCUT2D eigenvalue weighted by Gasteiger charge is -2.35. The molecule has 1 aliphatic rings. The van der Waals surface area contributed by atoms with E-state index in [1.54, 1.807) is 6.07 Å². The Morgan fingerprint density at radius 3 is 2.50 bits per heavy atom. The summed E-state index contributed by atoms with van der Waals surface area (Å²) in [6.07, 6.45) is 1.71. The van der Waals surface area contributed by atoms with E-state index in [2.05, 4.69) is 15.4 Å². The molecular weight excluding hydrogens is 360 g/mol. The normalized spacial score (nSPS) is 16.3. The summed E-state index contributed by atoms with van der Waals surface area (Å²) >= 11 is 0. The average molecular weight is 389 g/mol. The number of nitrogens with zero attached hydrogens (tertiary/aromatic N) is 3. The highest BCUT2D eigenvalue weighted by molar-refractivity contribution is 5.91. The number of halogens is 1. The van der Waals surface area contributed by atoms with Crippen LogP contribution in [0.3, 0.4) is 0 Å². The van der Waals surface area contributed by atoms with Crippen LogP contribution in [-0.2, 0) is 15.0 Å². The van der Waals surface area contributed by atoms with Gasteiger partial charge in [-0.3, -0.25) is 24.7 Å². The van der Waals surface area contributed by atoms with E-state index in [-0.39, 0.29) is 36.3 Å². The van der Waals surface area contributed by atoms with Crippen LogP contribution in [0.1, 0.15) is 39.3 Å². The zero-order chi connectivity index (χ0) is 18.6. The molecule has 1 aliphatic heterocycles. The molecule has 8 nitrogen and oxygen atoms in total. The number of anilines is 1. The Morgan fingerprint density at radius 1 is 1.38 bits per heavy atom. The molecular formula is C17H29ClN4O4. The van der Waals surface area contributed by atoms with E-state index in [9.17, 15) is 9.59 Å². The number of carbonyl (C=O) groups excluding carboxylic acids is 1. The van der Waals surface area contributed by atoms with Gasteiger partial charge in [0.05, 0.1) is 18.8 Å². The van der Waals surface area contributed by atoms with Gasteiger partial charge in [-0.05, 0) is 19.9 Å². The fraction of sp³-hybridized carbons (Fsp3) is 0.706. The Hall–Kier alpha value is -1.64. The molecule has 1 aromatic rings. The largest absolute Gasteiger partial charge is 0.480 e. The van der Waals surface area contributed by atoms with Gasteiger partial charge in [0.15, 0.2) is 0 Å². The number of likely N-dealkylation sites (tertiary alicyclic amines) is 1. The van der Waals surface area contributed by atoms with Gasteiger partial charge in [-0.25, -0.2) is 0 Å². The van der Waals surface area contributed by atoms with Crippen LogP contribution in [0.5, 0.6) is 0 Å². The van der Waals surface area contributed by atoms with Crippen LogP contribution in [0.25, 0.3) is 0 Å². The first-order valence-corrected chi connectivity index (χ1v) is 8.56. The maximum Gasteiger partial charge on any atom is 0.317 e. The second-order valence-corrected chi connectivity index (χ2v) is 7.69. The lowest BCUT2D eigenvalue weighted by atomic mass is 9.92. The fourth-order valence-corrected chi connectivity index (χ4v) is 2.93. The Labute approximate surface area is 160 Å². The number of nitrogens with one attached hydrogen (secondary N) is 1. The van der Waals surface area contributed by atoms with E-state index in [0.29, 0.717) is 12.4 Å². The molecule has 26 heavy (non-hydrogen) atoms. The van der Waals surface area contributed by atoms with Crippen molar-refractivity contribution in [3.05, 3.63) is 11.8 Å². The smallest absolute Gasteiger partial charge is 0.317 e. The van der Waals surface area contributed by atoms with E-state index >= 15 is 0 Å². The van der Waals surface area contributed by atoms with E-state index in [0.717, 1.165) is 31.6 Å². The van der Waals surface area contributed by atoms with Crippen molar-refractivity contribution in [3.63, 3.8) is 0 Å². The number of piperidine rings is 1. The quantitative estimate of drug-likeness (QED) is 0.766. The van der Waals surface area contributed by atoms with Crippen LogP contribution < -0.4 is 5.32 Å². The molecule has 2 N–H and O–H groups in total. The zero-order valence-corrected chi connectivity index (χ0v) is 16.6. The molecule has 0 unspecified atom stereocenters. The number of aromatic nitrogens is 1. The van der Waals surface area contributed by atoms with E-state index < -0.39 is 5.97 Å². The standard InChI is InChI=1S/C17H28N4O4.ClH/c1-17(2,3)13-9-15(25-19-13)18-14(22)10-21-7-5-12(6-8-21)20(4)11-16(23)24;/h9,12H,5-8,10-11H2,1-4H3,(H,18,22)(H,23,24);1H. The van der Waals surface area contributed by atoms with Crippen molar-refractivity contribution in [1.29, 1.82) is 0 Å². The third kappa shape index (κ3) is 6.59. The number of amides is 1. The van der Waals surface area contributed by atoms with Gasteiger partial charge in [-0.15, -0.1) is 12.4 Å². The molecule has 0 radical (unpaired) electrons. The second kappa shape index (κ2) is 9.34. The second-order valence-electron chi connectivity index (χ2n) is 7.69. The number of hydrogen-bond acceptors (Lipinski definition) is 6. The Morgan fingerprint density at radius 2 is 2.00 bits per heavy atom. The maximum absolute atomic E-state index is 12.2. The molecule has 0 spiro atoms. The fourth-order valence-electron chi connectivity index (χ4n) is 2.93. The van der Waals surface area contributed by atoms with Gasteiger partial charge in [0.2, 0.25) is 11.8 Å². The summed E-state index contributed by atoms with van der Waals surface area (Å²) in [5, 5.41) is 15.6. The van der Waals surface area contributed by atoms with Crippen molar-refractivity contribution in [3.8, 4) is 0 Å². The Balaban J connectivity index is 0.00000338. The molecule has 148 valence electrons. The van der Waals surface area contributed by atoms with Crippen molar-refractivity contribution in [2.45, 2.75) is 45.1 Å². The molecule has 0 bridgehead atoms. The van der Waals surface area contributed by atoms with Crippen LogP contribution in [0.4, 0.5) is 5.88 Å². The molecule has 0 saturated carbocycles. The first-order chi connectivity index (χ1) is 11.6. The third-order valence-corrected chi connectivity index (χ3v) is 4.47. The van der Waals surface area contributed by atoms with E-state index in [1.807, 2.05) is 32.7 Å². The van der Waals surface area contributed by atoms with Crippen molar-refractivity contribution in [2.75, 3.05) is 38.5 Å². The number of hydrogen-bond donors (Lipinski definition) is 2. The topological polar surface area (TPSA) is 98.9 Å². The summed E-state index contributed by atoms with van der Waals surface area (Å²) in [5.74, 6) is -0.578. The molecule has 2 heterocycles. The number of rotatable bonds is 6. The van der Waals surface area contributed by atoms with Crippen LogP contribution in [0.2, 0.25) is 0 Å². The van der Waals surface area contributed by atoms with E-state index in [1.165, 1.54) is 0 Å². The molecule has 2 rings (SSSR count). The minimum Gasteiger partial charge on any atom is -0.480 e. The summed E-state index contributed by atoms with van der Waals surface area (Å²) < 4.78 is 5.17. The van der Waals surface area contributed by atoms with Gasteiger partial charge in [-0.1, -0.05) is 25.9 Å². The van der Waals surface area contributed by atoms with Gasteiger partial charge in [0, 0.05) is 30.6 Å². The minimum absolute atomic E-state index is 0. The SMILES string of the molecule is CN(CC(=O)O)C1CCN(CC(=O)Nc2cc(C(C)(C)C)no2)CC1.Cl. The van der Waals surface area contributed by atoms with E-state index in [4.69, 9.17) is 9.63 Å². The number of carbonyl (C=O) groups is 2. The molecule has 1 saturated heterocycles. The molecule has 0 atom stereocenters. The lowest BCUT2D eigenvalue weighted by molar-refractivity contribution is -0.138. The van der Waals surface area contributed by atoms with Crippen molar-refractivity contribution >= 4 is 30.2 Å². The highest BCUT2D eigenvalue weighted by atomic mass is 35.5. The van der Waals surface area contributed by atoms with Gasteiger partial charge in [0.25, 0.3) is 0 Å². The highest BCUT2D eigenvalue weighted by Crippen LogP contribution is 2.23. The average Bonchev–Trinajstić information content (AvgIpc) is 2.95. The van der Waals surface area contributed by atoms with Crippen LogP contribution in [0, 0.1) is 0 Å². The number of carboxylic acid groups (broad SMARTS) is 1. The molecule has 1 aromatic heterocycles. The van der Waals surface area contributed by atoms with Crippen LogP contribution >= 0.6 is 12.4 Å². The predicted molar refractivity (Wildman–Crippen MR) is 101 cm³/mol. The first kappa shape index (κ1) is 22.4. The summed E-state index contributed by atoms with van der Waals surface area (Å²) in [6.45, 7) is 7.97. The Bertz CT molecular complexity index is 606. The van der Waals surface area contributed by atoms with Crippen LogP contribution in [0.15, 0.2) is 10.6 Å². The predicted octanol–water partition coefficient (Wildman–Crippen LogP) is 1.81. The number of likely N-dealkylation sites (N-methyl/N-ethyl adjacent to an activating group) is 1. The van der Waals surface area contributed by atoms with Gasteiger partial charge >= 0.3 is 5.97 Å². The molecule has 1 amide bonds. The van der Waals surface area contributed by atoms with Crippen LogP contribution in [-0.4, -0.2) is 71.2 Å². The van der Waals surface area contributed by atoms with Crippen molar-refractivity contribution in [2.24, 2.45) is 0 Å².